The lowest BCUT2D eigenvalue weighted by molar-refractivity contribution is 0.268. The number of ether oxygens (including phenoxy) is 2. The maximum absolute atomic E-state index is 9.20. The molecule has 0 spiro atoms. The van der Waals surface area contributed by atoms with Gasteiger partial charge in [0.1, 0.15) is 17.7 Å². The number of thiocarbonyl (C=S) groups is 1. The van der Waals surface area contributed by atoms with Crippen molar-refractivity contribution < 1.29 is 9.47 Å². The van der Waals surface area contributed by atoms with E-state index in [9.17, 15) is 5.26 Å². The van der Waals surface area contributed by atoms with Crippen LogP contribution in [0, 0.1) is 11.3 Å². The van der Waals surface area contributed by atoms with E-state index in [-0.39, 0.29) is 10.6 Å². The van der Waals surface area contributed by atoms with Gasteiger partial charge in [-0.3, -0.25) is 0 Å². The van der Waals surface area contributed by atoms with Crippen LogP contribution < -0.4 is 15.2 Å². The summed E-state index contributed by atoms with van der Waals surface area (Å²) < 4.78 is 12.6. The fourth-order valence-corrected chi connectivity index (χ4v) is 3.65. The first-order valence-electron chi connectivity index (χ1n) is 9.01. The van der Waals surface area contributed by atoms with Crippen LogP contribution in [0.15, 0.2) is 64.6 Å². The lowest BCUT2D eigenvalue weighted by Gasteiger charge is -2.16. The Balaban J connectivity index is 1.94. The molecule has 0 radical (unpaired) electrons. The minimum absolute atomic E-state index is 0.0536. The van der Waals surface area contributed by atoms with E-state index in [2.05, 4.69) is 40.2 Å². The van der Waals surface area contributed by atoms with Gasteiger partial charge in [-0.05, 0) is 63.0 Å². The van der Waals surface area contributed by atoms with Gasteiger partial charge in [-0.15, -0.1) is 0 Å². The largest absolute Gasteiger partial charge is 0.490 e. The van der Waals surface area contributed by atoms with Crippen LogP contribution in [0.1, 0.15) is 18.1 Å². The summed E-state index contributed by atoms with van der Waals surface area (Å²) in [6.45, 7) is 2.77. The highest BCUT2D eigenvalue weighted by atomic mass is 79.9. The molecule has 0 saturated carbocycles. The van der Waals surface area contributed by atoms with Crippen LogP contribution in [-0.2, 0) is 6.61 Å². The van der Waals surface area contributed by atoms with Crippen molar-refractivity contribution in [1.29, 1.82) is 5.26 Å². The van der Waals surface area contributed by atoms with Gasteiger partial charge in [0, 0.05) is 0 Å². The number of fused-ring (bicyclic) bond motifs is 1. The number of nitrogens with zero attached hydrogens (tertiary/aromatic N) is 1. The van der Waals surface area contributed by atoms with Crippen LogP contribution in [0.2, 0.25) is 0 Å². The molecule has 3 rings (SSSR count). The first-order chi connectivity index (χ1) is 14.0. The molecule has 4 nitrogen and oxygen atoms in total. The zero-order valence-electron chi connectivity index (χ0n) is 15.8. The van der Waals surface area contributed by atoms with E-state index in [1.165, 1.54) is 5.39 Å². The van der Waals surface area contributed by atoms with E-state index < -0.39 is 0 Å². The Kier molecular flexibility index (Phi) is 6.86. The fraction of sp³-hybridized carbons (Fsp3) is 0.130. The first-order valence-corrected chi connectivity index (χ1v) is 10.2. The summed E-state index contributed by atoms with van der Waals surface area (Å²) in [6.07, 6.45) is 1.63. The second-order valence-electron chi connectivity index (χ2n) is 6.22. The summed E-state index contributed by atoms with van der Waals surface area (Å²) in [4.78, 5) is 0.0536. The van der Waals surface area contributed by atoms with E-state index in [1.807, 2.05) is 43.3 Å². The van der Waals surface area contributed by atoms with Crippen molar-refractivity contribution in [2.45, 2.75) is 13.5 Å². The van der Waals surface area contributed by atoms with Gasteiger partial charge in [0.05, 0.1) is 16.7 Å². The third kappa shape index (κ3) is 4.94. The van der Waals surface area contributed by atoms with Crippen molar-refractivity contribution in [3.63, 3.8) is 0 Å². The van der Waals surface area contributed by atoms with Crippen molar-refractivity contribution in [3.05, 3.63) is 75.8 Å². The molecule has 0 aliphatic carbocycles. The highest BCUT2D eigenvalue weighted by molar-refractivity contribution is 9.10. The van der Waals surface area contributed by atoms with Gasteiger partial charge in [-0.25, -0.2) is 0 Å². The number of hydrogen-bond donors (Lipinski definition) is 1. The predicted octanol–water partition coefficient (Wildman–Crippen LogP) is 5.77. The third-order valence-corrected chi connectivity index (χ3v) is 5.09. The highest BCUT2D eigenvalue weighted by Gasteiger charge is 2.13. The average molecular weight is 467 g/mol. The molecule has 2 N–H and O–H groups in total. The van der Waals surface area contributed by atoms with Crippen molar-refractivity contribution >= 4 is 50.0 Å². The summed E-state index contributed by atoms with van der Waals surface area (Å²) in [6, 6.07) is 20.0. The van der Waals surface area contributed by atoms with Crippen LogP contribution in [0.25, 0.3) is 16.8 Å². The van der Waals surface area contributed by atoms with E-state index >= 15 is 0 Å². The summed E-state index contributed by atoms with van der Waals surface area (Å²) >= 11 is 8.47. The summed E-state index contributed by atoms with van der Waals surface area (Å²) in [5.74, 6) is 1.18. The van der Waals surface area contributed by atoms with Gasteiger partial charge in [0.25, 0.3) is 0 Å². The Bertz CT molecular complexity index is 1130. The van der Waals surface area contributed by atoms with Gasteiger partial charge in [-0.2, -0.15) is 5.26 Å². The Morgan fingerprint density at radius 2 is 1.93 bits per heavy atom. The number of hydrogen-bond acceptors (Lipinski definition) is 4. The van der Waals surface area contributed by atoms with Crippen LogP contribution >= 0.6 is 28.1 Å². The lowest BCUT2D eigenvalue weighted by atomic mass is 10.1. The maximum Gasteiger partial charge on any atom is 0.175 e. The molecule has 0 bridgehead atoms. The lowest BCUT2D eigenvalue weighted by Crippen LogP contribution is -2.09. The Hall–Kier alpha value is -2.88. The van der Waals surface area contributed by atoms with Gasteiger partial charge in [0.2, 0.25) is 0 Å². The molecule has 0 atom stereocenters. The van der Waals surface area contributed by atoms with Crippen LogP contribution in [0.5, 0.6) is 11.5 Å². The van der Waals surface area contributed by atoms with Crippen molar-refractivity contribution in [3.8, 4) is 17.6 Å². The summed E-state index contributed by atoms with van der Waals surface area (Å²) in [7, 11) is 0. The van der Waals surface area contributed by atoms with Crippen molar-refractivity contribution in [1.82, 2.24) is 0 Å². The van der Waals surface area contributed by atoms with Crippen LogP contribution in [-0.4, -0.2) is 11.6 Å². The van der Waals surface area contributed by atoms with Crippen LogP contribution in [0.4, 0.5) is 0 Å². The van der Waals surface area contributed by atoms with E-state index in [1.54, 1.807) is 6.08 Å². The Morgan fingerprint density at radius 3 is 2.66 bits per heavy atom. The zero-order valence-corrected chi connectivity index (χ0v) is 18.2. The minimum atomic E-state index is 0.0536. The fourth-order valence-electron chi connectivity index (χ4n) is 2.97. The molecule has 0 aliphatic rings. The van der Waals surface area contributed by atoms with Crippen molar-refractivity contribution in [2.24, 2.45) is 5.73 Å². The normalized spacial score (nSPS) is 11.1. The van der Waals surface area contributed by atoms with Gasteiger partial charge in [0.15, 0.2) is 11.5 Å². The van der Waals surface area contributed by atoms with Gasteiger partial charge < -0.3 is 15.2 Å². The molecule has 0 unspecified atom stereocenters. The summed E-state index contributed by atoms with van der Waals surface area (Å²) in [5.41, 5.74) is 7.65. The number of halogens is 1. The SMILES string of the molecule is CCOc1cc(C=C(C#N)C(N)=S)cc(Br)c1OCc1cccc2ccccc12. The van der Waals surface area contributed by atoms with Crippen molar-refractivity contribution in [2.75, 3.05) is 6.61 Å². The molecule has 29 heavy (non-hydrogen) atoms. The summed E-state index contributed by atoms with van der Waals surface area (Å²) in [5, 5.41) is 11.5. The highest BCUT2D eigenvalue weighted by Crippen LogP contribution is 2.38. The Morgan fingerprint density at radius 1 is 1.17 bits per heavy atom. The second-order valence-corrected chi connectivity index (χ2v) is 7.52. The zero-order chi connectivity index (χ0) is 20.8. The smallest absolute Gasteiger partial charge is 0.175 e. The number of nitrogens with two attached hydrogens (primary N) is 1. The number of rotatable bonds is 7. The van der Waals surface area contributed by atoms with E-state index in [4.69, 9.17) is 27.4 Å². The Labute approximate surface area is 183 Å². The predicted molar refractivity (Wildman–Crippen MR) is 124 cm³/mol. The quantitative estimate of drug-likeness (QED) is 0.271. The molecule has 0 heterocycles. The monoisotopic (exact) mass is 466 g/mol. The van der Waals surface area contributed by atoms with Gasteiger partial charge >= 0.3 is 0 Å². The molecular weight excluding hydrogens is 448 g/mol. The van der Waals surface area contributed by atoms with Crippen LogP contribution in [0.3, 0.4) is 0 Å². The molecule has 0 fully saturated rings. The second kappa shape index (κ2) is 9.55. The molecule has 0 aromatic heterocycles. The minimum Gasteiger partial charge on any atom is -0.490 e. The molecular formula is C23H19BrN2O2S. The maximum atomic E-state index is 9.20. The van der Waals surface area contributed by atoms with E-state index in [0.717, 1.165) is 21.0 Å². The van der Waals surface area contributed by atoms with Gasteiger partial charge in [-0.1, -0.05) is 54.7 Å². The molecule has 146 valence electrons. The van der Waals surface area contributed by atoms with E-state index in [0.29, 0.717) is 24.7 Å². The topological polar surface area (TPSA) is 68.3 Å². The number of benzene rings is 3. The number of nitriles is 1. The third-order valence-electron chi connectivity index (χ3n) is 4.28. The molecule has 0 amide bonds. The standard InChI is InChI=1S/C23H19BrN2O2S/c1-2-27-21-12-15(10-18(13-25)23(26)29)11-20(24)22(21)28-14-17-8-5-7-16-6-3-4-9-19(16)17/h3-12H,2,14H2,1H3,(H2,26,29). The molecule has 0 aliphatic heterocycles. The molecule has 3 aromatic carbocycles. The average Bonchev–Trinajstić information content (AvgIpc) is 2.71. The molecule has 3 aromatic rings. The first kappa shape index (κ1) is 20.8. The molecule has 0 saturated heterocycles. The molecule has 6 heteroatoms.